The van der Waals surface area contributed by atoms with Gasteiger partial charge in [-0.05, 0) is 30.3 Å². The summed E-state index contributed by atoms with van der Waals surface area (Å²) in [6.45, 7) is -0.560. The van der Waals surface area contributed by atoms with Crippen molar-refractivity contribution in [2.45, 2.75) is 0 Å². The Morgan fingerprint density at radius 1 is 1.26 bits per heavy atom. The number of hydrogen-bond acceptors (Lipinski definition) is 5. The number of ether oxygens (including phenoxy) is 1. The lowest BCUT2D eigenvalue weighted by atomic mass is 10.2. The van der Waals surface area contributed by atoms with Gasteiger partial charge in [0.1, 0.15) is 11.9 Å². The molecule has 0 bridgehead atoms. The fourth-order valence-electron chi connectivity index (χ4n) is 1.80. The van der Waals surface area contributed by atoms with E-state index in [-0.39, 0.29) is 16.8 Å². The molecule has 1 amide bonds. The van der Waals surface area contributed by atoms with E-state index in [9.17, 15) is 14.0 Å². The molecule has 0 atom stereocenters. The number of nitriles is 1. The smallest absolute Gasteiger partial charge is 0.340 e. The standard InChI is InChI=1S/C16H12FN3O3/c17-11-5-6-12(13(19)7-11)16(22)23-9-15(21)20-14-4-2-1-3-10(14)8-18/h1-7H,9,19H2,(H,20,21). The van der Waals surface area contributed by atoms with Crippen LogP contribution in [0, 0.1) is 17.1 Å². The first kappa shape index (κ1) is 16.0. The van der Waals surface area contributed by atoms with Crippen LogP contribution in [0.25, 0.3) is 0 Å². The first-order chi connectivity index (χ1) is 11.0. The third kappa shape index (κ3) is 4.04. The molecule has 23 heavy (non-hydrogen) atoms. The van der Waals surface area contributed by atoms with Crippen LogP contribution >= 0.6 is 0 Å². The summed E-state index contributed by atoms with van der Waals surface area (Å²) in [5.41, 5.74) is 6.01. The molecule has 0 unspecified atom stereocenters. The Kier molecular flexibility index (Phi) is 4.89. The molecule has 0 fully saturated rings. The van der Waals surface area contributed by atoms with E-state index in [2.05, 4.69) is 5.32 Å². The molecule has 2 aromatic rings. The van der Waals surface area contributed by atoms with E-state index in [1.54, 1.807) is 24.3 Å². The van der Waals surface area contributed by atoms with Gasteiger partial charge in [0.05, 0.1) is 16.8 Å². The number of carbonyl (C=O) groups excluding carboxylic acids is 2. The largest absolute Gasteiger partial charge is 0.452 e. The molecule has 0 radical (unpaired) electrons. The van der Waals surface area contributed by atoms with Crippen LogP contribution in [-0.2, 0) is 9.53 Å². The zero-order valence-corrected chi connectivity index (χ0v) is 11.9. The van der Waals surface area contributed by atoms with Crippen LogP contribution < -0.4 is 11.1 Å². The van der Waals surface area contributed by atoms with E-state index in [4.69, 9.17) is 15.7 Å². The Hall–Kier alpha value is -3.40. The zero-order valence-electron chi connectivity index (χ0n) is 11.9. The van der Waals surface area contributed by atoms with Crippen LogP contribution in [0.15, 0.2) is 42.5 Å². The summed E-state index contributed by atoms with van der Waals surface area (Å²) < 4.78 is 17.7. The van der Waals surface area contributed by atoms with Crippen LogP contribution in [0.2, 0.25) is 0 Å². The van der Waals surface area contributed by atoms with Crippen LogP contribution in [-0.4, -0.2) is 18.5 Å². The summed E-state index contributed by atoms with van der Waals surface area (Å²) in [5.74, 6) is -2.03. The van der Waals surface area contributed by atoms with Crippen LogP contribution in [0.1, 0.15) is 15.9 Å². The number of nitrogens with one attached hydrogen (secondary N) is 1. The second-order valence-electron chi connectivity index (χ2n) is 4.51. The van der Waals surface area contributed by atoms with Crippen molar-refractivity contribution in [1.29, 1.82) is 5.26 Å². The number of benzene rings is 2. The summed E-state index contributed by atoms with van der Waals surface area (Å²) >= 11 is 0. The average Bonchev–Trinajstić information content (AvgIpc) is 2.53. The number of hydrogen-bond donors (Lipinski definition) is 2. The molecule has 116 valence electrons. The average molecular weight is 313 g/mol. The van der Waals surface area contributed by atoms with Crippen LogP contribution in [0.4, 0.5) is 15.8 Å². The number of para-hydroxylation sites is 1. The number of carbonyl (C=O) groups is 2. The number of halogens is 1. The highest BCUT2D eigenvalue weighted by atomic mass is 19.1. The summed E-state index contributed by atoms with van der Waals surface area (Å²) in [6.07, 6.45) is 0. The lowest BCUT2D eigenvalue weighted by Crippen LogP contribution is -2.21. The molecule has 0 saturated heterocycles. The van der Waals surface area contributed by atoms with E-state index in [1.165, 1.54) is 6.07 Å². The van der Waals surface area contributed by atoms with Gasteiger partial charge in [-0.25, -0.2) is 9.18 Å². The molecule has 0 aliphatic carbocycles. The molecular weight excluding hydrogens is 301 g/mol. The lowest BCUT2D eigenvalue weighted by Gasteiger charge is -2.08. The van der Waals surface area contributed by atoms with Crippen molar-refractivity contribution < 1.29 is 18.7 Å². The molecular formula is C16H12FN3O3. The van der Waals surface area contributed by atoms with Gasteiger partial charge in [0, 0.05) is 5.69 Å². The number of anilines is 2. The molecule has 3 N–H and O–H groups in total. The van der Waals surface area contributed by atoms with E-state index in [0.717, 1.165) is 12.1 Å². The van der Waals surface area contributed by atoms with E-state index in [0.29, 0.717) is 5.69 Å². The number of nitrogens with zero attached hydrogens (tertiary/aromatic N) is 1. The highest BCUT2D eigenvalue weighted by Crippen LogP contribution is 2.15. The Morgan fingerprint density at radius 3 is 2.70 bits per heavy atom. The maximum absolute atomic E-state index is 12.9. The van der Waals surface area contributed by atoms with E-state index >= 15 is 0 Å². The summed E-state index contributed by atoms with van der Waals surface area (Å²) in [5, 5.41) is 11.4. The minimum Gasteiger partial charge on any atom is -0.452 e. The summed E-state index contributed by atoms with van der Waals surface area (Å²) in [6, 6.07) is 11.6. The molecule has 0 aliphatic heterocycles. The Balaban J connectivity index is 1.96. The third-order valence-electron chi connectivity index (χ3n) is 2.89. The fourth-order valence-corrected chi connectivity index (χ4v) is 1.80. The molecule has 2 rings (SSSR count). The molecule has 2 aromatic carbocycles. The van der Waals surface area contributed by atoms with Crippen LogP contribution in [0.3, 0.4) is 0 Å². The predicted molar refractivity (Wildman–Crippen MR) is 80.9 cm³/mol. The van der Waals surface area contributed by atoms with Crippen molar-refractivity contribution in [3.05, 3.63) is 59.4 Å². The molecule has 0 saturated carbocycles. The third-order valence-corrected chi connectivity index (χ3v) is 2.89. The number of amides is 1. The summed E-state index contributed by atoms with van der Waals surface area (Å²) in [4.78, 5) is 23.6. The number of nitrogens with two attached hydrogens (primary N) is 1. The number of nitrogen functional groups attached to an aromatic ring is 1. The van der Waals surface area contributed by atoms with E-state index < -0.39 is 24.3 Å². The van der Waals surface area contributed by atoms with Crippen LogP contribution in [0.5, 0.6) is 0 Å². The minimum atomic E-state index is -0.841. The normalized spacial score (nSPS) is 9.74. The first-order valence-electron chi connectivity index (χ1n) is 6.52. The first-order valence-corrected chi connectivity index (χ1v) is 6.52. The fraction of sp³-hybridized carbons (Fsp3) is 0.0625. The molecule has 0 spiro atoms. The Morgan fingerprint density at radius 2 is 2.00 bits per heavy atom. The van der Waals surface area contributed by atoms with E-state index in [1.807, 2.05) is 6.07 Å². The van der Waals surface area contributed by atoms with Gasteiger partial charge in [0.25, 0.3) is 5.91 Å². The second kappa shape index (κ2) is 7.04. The maximum atomic E-state index is 12.9. The topological polar surface area (TPSA) is 105 Å². The highest BCUT2D eigenvalue weighted by molar-refractivity contribution is 5.98. The van der Waals surface area contributed by atoms with Crippen molar-refractivity contribution in [1.82, 2.24) is 0 Å². The number of esters is 1. The van der Waals surface area contributed by atoms with Gasteiger partial charge >= 0.3 is 5.97 Å². The zero-order chi connectivity index (χ0) is 16.8. The van der Waals surface area contributed by atoms with Gasteiger partial charge in [-0.15, -0.1) is 0 Å². The molecule has 0 heterocycles. The van der Waals surface area contributed by atoms with Gasteiger partial charge in [-0.2, -0.15) is 5.26 Å². The lowest BCUT2D eigenvalue weighted by molar-refractivity contribution is -0.119. The Bertz CT molecular complexity index is 799. The second-order valence-corrected chi connectivity index (χ2v) is 4.51. The summed E-state index contributed by atoms with van der Waals surface area (Å²) in [7, 11) is 0. The van der Waals surface area contributed by atoms with Gasteiger partial charge in [-0.1, -0.05) is 12.1 Å². The predicted octanol–water partition coefficient (Wildman–Crippen LogP) is 2.08. The maximum Gasteiger partial charge on any atom is 0.340 e. The van der Waals surface area contributed by atoms with Crippen molar-refractivity contribution in [3.8, 4) is 6.07 Å². The van der Waals surface area contributed by atoms with Gasteiger partial charge in [-0.3, -0.25) is 4.79 Å². The SMILES string of the molecule is N#Cc1ccccc1NC(=O)COC(=O)c1ccc(F)cc1N. The van der Waals surface area contributed by atoms with Gasteiger partial charge < -0.3 is 15.8 Å². The van der Waals surface area contributed by atoms with Crippen molar-refractivity contribution in [2.24, 2.45) is 0 Å². The van der Waals surface area contributed by atoms with Crippen molar-refractivity contribution in [2.75, 3.05) is 17.7 Å². The number of rotatable bonds is 4. The van der Waals surface area contributed by atoms with Gasteiger partial charge in [0.2, 0.25) is 0 Å². The van der Waals surface area contributed by atoms with Crippen molar-refractivity contribution in [3.63, 3.8) is 0 Å². The highest BCUT2D eigenvalue weighted by Gasteiger charge is 2.14. The van der Waals surface area contributed by atoms with Gasteiger partial charge in [0.15, 0.2) is 6.61 Å². The molecule has 0 aliphatic rings. The monoisotopic (exact) mass is 313 g/mol. The molecule has 6 nitrogen and oxygen atoms in total. The Labute approximate surface area is 131 Å². The van der Waals surface area contributed by atoms with Crippen molar-refractivity contribution >= 4 is 23.3 Å². The molecule has 0 aromatic heterocycles. The quantitative estimate of drug-likeness (QED) is 0.664. The molecule has 7 heteroatoms. The minimum absolute atomic E-state index is 0.0309.